The molecule has 4 N–H and O–H groups in total. The van der Waals surface area contributed by atoms with Crippen LogP contribution in [0.3, 0.4) is 0 Å². The van der Waals surface area contributed by atoms with E-state index in [0.29, 0.717) is 0 Å². The van der Waals surface area contributed by atoms with Gasteiger partial charge in [0.05, 0.1) is 6.42 Å². The molecule has 0 unspecified atom stereocenters. The van der Waals surface area contributed by atoms with Crippen LogP contribution in [0.1, 0.15) is 32.8 Å². The van der Waals surface area contributed by atoms with Crippen molar-refractivity contribution in [1.82, 2.24) is 16.0 Å². The molecule has 0 heterocycles. The summed E-state index contributed by atoms with van der Waals surface area (Å²) in [4.78, 5) is 71.0. The van der Waals surface area contributed by atoms with E-state index in [9.17, 15) is 33.2 Å². The van der Waals surface area contributed by atoms with Gasteiger partial charge in [-0.05, 0) is 18.4 Å². The molecule has 3 amide bonds. The smallest absolute Gasteiger partial charge is 0.408 e. The first-order chi connectivity index (χ1) is 16.4. The summed E-state index contributed by atoms with van der Waals surface area (Å²) in [6.07, 6.45) is -1.81. The maximum Gasteiger partial charge on any atom is 0.408 e. The van der Waals surface area contributed by atoms with Gasteiger partial charge < -0.3 is 30.5 Å². The van der Waals surface area contributed by atoms with Gasteiger partial charge in [0.2, 0.25) is 11.8 Å². The lowest BCUT2D eigenvalue weighted by molar-refractivity contribution is -0.164. The lowest BCUT2D eigenvalue weighted by Crippen LogP contribution is -2.56. The van der Waals surface area contributed by atoms with Crippen LogP contribution in [-0.4, -0.2) is 65.7 Å². The van der Waals surface area contributed by atoms with Crippen LogP contribution in [0.5, 0.6) is 0 Å². The van der Waals surface area contributed by atoms with Crippen LogP contribution >= 0.6 is 0 Å². The molecular formula is C22H28FN3O9. The summed E-state index contributed by atoms with van der Waals surface area (Å²) >= 11 is 0. The van der Waals surface area contributed by atoms with E-state index in [-0.39, 0.29) is 6.61 Å². The molecule has 0 aromatic heterocycles. The van der Waals surface area contributed by atoms with E-state index in [0.717, 1.165) is 5.56 Å². The van der Waals surface area contributed by atoms with Crippen molar-refractivity contribution in [1.29, 1.82) is 0 Å². The van der Waals surface area contributed by atoms with Crippen LogP contribution in [0.4, 0.5) is 9.18 Å². The van der Waals surface area contributed by atoms with E-state index in [1.807, 2.05) is 5.32 Å². The summed E-state index contributed by atoms with van der Waals surface area (Å²) in [7, 11) is 0. The van der Waals surface area contributed by atoms with Crippen molar-refractivity contribution in [3.8, 4) is 0 Å². The summed E-state index contributed by atoms with van der Waals surface area (Å²) in [5.74, 6) is -6.66. The Morgan fingerprint density at radius 3 is 2.11 bits per heavy atom. The third-order valence-corrected chi connectivity index (χ3v) is 4.49. The molecule has 0 saturated heterocycles. The molecule has 0 saturated carbocycles. The molecule has 13 heteroatoms. The molecule has 35 heavy (non-hydrogen) atoms. The number of carboxylic acid groups (broad SMARTS) is 1. The number of hydrogen-bond acceptors (Lipinski definition) is 8. The monoisotopic (exact) mass is 497 g/mol. The quantitative estimate of drug-likeness (QED) is 0.236. The third-order valence-electron chi connectivity index (χ3n) is 4.49. The van der Waals surface area contributed by atoms with Crippen molar-refractivity contribution < 1.29 is 47.7 Å². The van der Waals surface area contributed by atoms with E-state index < -0.39 is 73.0 Å². The number of carboxylic acids is 1. The fraction of sp³-hybridized carbons (Fsp3) is 0.455. The van der Waals surface area contributed by atoms with Crippen LogP contribution < -0.4 is 16.0 Å². The van der Waals surface area contributed by atoms with Gasteiger partial charge in [-0.3, -0.25) is 14.4 Å². The number of aliphatic carboxylic acids is 1. The molecule has 1 aromatic rings. The molecule has 3 atom stereocenters. The standard InChI is InChI=1S/C22H28FN3O9/c1-12(2)18(26-22(33)34-11-14-7-5-4-6-8-14)20(31)24-13(3)19(30)25-15(9-16(27)28)21(32)35-17(29)10-23/h4-8,12-13,15,18H,9-11H2,1-3H3,(H,24,31)(H,25,30)(H,26,33)(H,27,28)/t13-,15+,18-/m1/s1. The Morgan fingerprint density at radius 2 is 1.57 bits per heavy atom. The van der Waals surface area contributed by atoms with Crippen LogP contribution in [0, 0.1) is 5.92 Å². The number of alkyl halides is 1. The number of ether oxygens (including phenoxy) is 2. The topological polar surface area (TPSA) is 177 Å². The third kappa shape index (κ3) is 10.6. The van der Waals surface area contributed by atoms with Crippen molar-refractivity contribution in [2.75, 3.05) is 6.67 Å². The maximum atomic E-state index is 12.7. The summed E-state index contributed by atoms with van der Waals surface area (Å²) in [6, 6.07) is 4.67. The van der Waals surface area contributed by atoms with Crippen LogP contribution in [-0.2, 0) is 40.1 Å². The summed E-state index contributed by atoms with van der Waals surface area (Å²) < 4.78 is 21.5. The molecule has 192 valence electrons. The number of benzene rings is 1. The molecule has 0 bridgehead atoms. The van der Waals surface area contributed by atoms with Crippen LogP contribution in [0.2, 0.25) is 0 Å². The SMILES string of the molecule is CC(C)[C@@H](NC(=O)OCc1ccccc1)C(=O)N[C@H](C)C(=O)N[C@@H](CC(=O)O)C(=O)OC(=O)CF. The highest BCUT2D eigenvalue weighted by Gasteiger charge is 2.31. The molecule has 0 aliphatic heterocycles. The number of rotatable bonds is 12. The second-order valence-corrected chi connectivity index (χ2v) is 7.74. The van der Waals surface area contributed by atoms with Crippen molar-refractivity contribution >= 4 is 35.8 Å². The molecule has 0 aliphatic carbocycles. The second kappa shape index (κ2) is 14.3. The molecule has 0 aliphatic rings. The number of carbonyl (C=O) groups is 6. The highest BCUT2D eigenvalue weighted by Crippen LogP contribution is 2.06. The summed E-state index contributed by atoms with van der Waals surface area (Å²) in [6.45, 7) is 2.89. The summed E-state index contributed by atoms with van der Waals surface area (Å²) in [5.41, 5.74) is 0.737. The van der Waals surface area contributed by atoms with Gasteiger partial charge >= 0.3 is 24.0 Å². The minimum atomic E-state index is -1.80. The Labute approximate surface area is 200 Å². The molecular weight excluding hydrogens is 469 g/mol. The van der Waals surface area contributed by atoms with Gasteiger partial charge in [0.25, 0.3) is 0 Å². The van der Waals surface area contributed by atoms with Gasteiger partial charge in [0, 0.05) is 0 Å². The van der Waals surface area contributed by atoms with Gasteiger partial charge in [-0.1, -0.05) is 44.2 Å². The Balaban J connectivity index is 2.72. The molecule has 0 radical (unpaired) electrons. The number of nitrogens with one attached hydrogen (secondary N) is 3. The minimum absolute atomic E-state index is 0.0239. The fourth-order valence-corrected chi connectivity index (χ4v) is 2.67. The molecule has 1 rings (SSSR count). The fourth-order valence-electron chi connectivity index (χ4n) is 2.67. The zero-order valence-corrected chi connectivity index (χ0v) is 19.4. The Morgan fingerprint density at radius 1 is 0.943 bits per heavy atom. The van der Waals surface area contributed by atoms with Gasteiger partial charge in [-0.25, -0.2) is 18.8 Å². The van der Waals surface area contributed by atoms with Gasteiger partial charge in [-0.15, -0.1) is 0 Å². The Hall–Kier alpha value is -4.03. The highest BCUT2D eigenvalue weighted by molar-refractivity contribution is 5.96. The first-order valence-electron chi connectivity index (χ1n) is 10.5. The van der Waals surface area contributed by atoms with E-state index in [2.05, 4.69) is 15.4 Å². The maximum absolute atomic E-state index is 12.7. The predicted molar refractivity (Wildman–Crippen MR) is 117 cm³/mol. The number of hydrogen-bond donors (Lipinski definition) is 4. The summed E-state index contributed by atoms with van der Waals surface area (Å²) in [5, 5.41) is 15.7. The van der Waals surface area contributed by atoms with Gasteiger partial charge in [-0.2, -0.15) is 0 Å². The van der Waals surface area contributed by atoms with Crippen molar-refractivity contribution in [3.63, 3.8) is 0 Å². The first-order valence-corrected chi connectivity index (χ1v) is 10.5. The number of alkyl carbamates (subject to hydrolysis) is 1. The Kier molecular flexibility index (Phi) is 11.8. The van der Waals surface area contributed by atoms with Crippen molar-refractivity contribution in [2.45, 2.75) is 51.9 Å². The van der Waals surface area contributed by atoms with E-state index in [4.69, 9.17) is 9.84 Å². The normalized spacial score (nSPS) is 13.1. The number of esters is 2. The predicted octanol–water partition coefficient (Wildman–Crippen LogP) is 0.441. The van der Waals surface area contributed by atoms with Crippen LogP contribution in [0.15, 0.2) is 30.3 Å². The zero-order chi connectivity index (χ0) is 26.5. The number of halogens is 1. The average Bonchev–Trinajstić information content (AvgIpc) is 2.80. The van der Waals surface area contributed by atoms with E-state index in [1.54, 1.807) is 44.2 Å². The lowest BCUT2D eigenvalue weighted by Gasteiger charge is -2.24. The first kappa shape index (κ1) is 29.0. The molecule has 0 fully saturated rings. The van der Waals surface area contributed by atoms with Crippen molar-refractivity contribution in [3.05, 3.63) is 35.9 Å². The van der Waals surface area contributed by atoms with Crippen molar-refractivity contribution in [2.24, 2.45) is 5.92 Å². The average molecular weight is 497 g/mol. The molecule has 12 nitrogen and oxygen atoms in total. The molecule has 0 spiro atoms. The molecule has 1 aromatic carbocycles. The zero-order valence-electron chi connectivity index (χ0n) is 19.4. The number of amides is 3. The lowest BCUT2D eigenvalue weighted by atomic mass is 10.0. The van der Waals surface area contributed by atoms with Gasteiger partial charge in [0.1, 0.15) is 24.7 Å². The van der Waals surface area contributed by atoms with Crippen LogP contribution in [0.25, 0.3) is 0 Å². The number of carbonyl (C=O) groups excluding carboxylic acids is 5. The highest BCUT2D eigenvalue weighted by atomic mass is 19.1. The Bertz CT molecular complexity index is 924. The largest absolute Gasteiger partial charge is 0.481 e. The minimum Gasteiger partial charge on any atom is -0.481 e. The van der Waals surface area contributed by atoms with E-state index >= 15 is 0 Å². The van der Waals surface area contributed by atoms with Gasteiger partial charge in [0.15, 0.2) is 6.67 Å². The second-order valence-electron chi connectivity index (χ2n) is 7.74. The van der Waals surface area contributed by atoms with E-state index in [1.165, 1.54) is 6.92 Å².